The number of thiol groups is 1. The molecule has 0 radical (unpaired) electrons. The van der Waals surface area contributed by atoms with Crippen molar-refractivity contribution < 1.29 is 25.3 Å². The summed E-state index contributed by atoms with van der Waals surface area (Å²) in [4.78, 5) is -0.208. The molecule has 3 rings (SSSR count). The Labute approximate surface area is 194 Å². The number of sulfonamides is 2. The van der Waals surface area contributed by atoms with E-state index in [1.807, 2.05) is 0 Å². The van der Waals surface area contributed by atoms with Crippen LogP contribution < -0.4 is 9.44 Å². The summed E-state index contributed by atoms with van der Waals surface area (Å²) >= 11 is 13.0. The first-order valence-electron chi connectivity index (χ1n) is 8.27. The molecule has 0 fully saturated rings. The molecule has 31 heavy (non-hydrogen) atoms. The van der Waals surface area contributed by atoms with Gasteiger partial charge in [-0.15, -0.1) is 11.3 Å². The number of thiophene rings is 1. The molecule has 1 aromatic heterocycles. The van der Waals surface area contributed by atoms with Gasteiger partial charge in [0.15, 0.2) is 0 Å². The van der Waals surface area contributed by atoms with Gasteiger partial charge < -0.3 is 0 Å². The summed E-state index contributed by atoms with van der Waals surface area (Å²) in [6, 6.07) is 10.7. The van der Waals surface area contributed by atoms with Gasteiger partial charge in [0.25, 0.3) is 20.0 Å². The molecule has 0 aliphatic heterocycles. The van der Waals surface area contributed by atoms with Crippen LogP contribution in [-0.2, 0) is 36.5 Å². The maximum Gasteiger partial charge on any atom is 0.271 e. The van der Waals surface area contributed by atoms with E-state index < -0.39 is 30.8 Å². The van der Waals surface area contributed by atoms with E-state index in [4.69, 9.17) is 23.2 Å². The van der Waals surface area contributed by atoms with E-state index in [-0.39, 0.29) is 41.8 Å². The van der Waals surface area contributed by atoms with Crippen LogP contribution in [0.25, 0.3) is 0 Å². The predicted molar refractivity (Wildman–Crippen MR) is 123 cm³/mol. The molecular formula is C17H14Cl2N2O6S4. The first-order chi connectivity index (χ1) is 14.5. The molecule has 14 heteroatoms. The lowest BCUT2D eigenvalue weighted by atomic mass is 10.2. The zero-order valence-corrected chi connectivity index (χ0v) is 20.1. The predicted octanol–water partition coefficient (Wildman–Crippen LogP) is 3.77. The number of halogens is 2. The van der Waals surface area contributed by atoms with Crippen LogP contribution in [0.5, 0.6) is 0 Å². The van der Waals surface area contributed by atoms with Gasteiger partial charge in [-0.3, -0.25) is 9.44 Å². The minimum atomic E-state index is -4.21. The topological polar surface area (TPSA) is 126 Å². The number of rotatable bonds is 8. The maximum atomic E-state index is 12.9. The Morgan fingerprint density at radius 3 is 2.00 bits per heavy atom. The van der Waals surface area contributed by atoms with Crippen molar-refractivity contribution in [3.05, 3.63) is 69.5 Å². The van der Waals surface area contributed by atoms with Crippen LogP contribution >= 0.6 is 34.5 Å². The Morgan fingerprint density at radius 1 is 0.839 bits per heavy atom. The molecule has 8 nitrogen and oxygen atoms in total. The minimum Gasteiger partial charge on any atom is -0.277 e. The molecule has 3 aromatic rings. The summed E-state index contributed by atoms with van der Waals surface area (Å²) in [6.07, 6.45) is 0. The molecule has 0 aliphatic carbocycles. The van der Waals surface area contributed by atoms with Gasteiger partial charge >= 0.3 is 0 Å². The van der Waals surface area contributed by atoms with Crippen molar-refractivity contribution in [1.29, 1.82) is 0 Å². The molecule has 0 unspecified atom stereocenters. The van der Waals surface area contributed by atoms with Gasteiger partial charge in [-0.2, -0.15) is 0 Å². The highest BCUT2D eigenvalue weighted by Gasteiger charge is 2.22. The zero-order chi connectivity index (χ0) is 22.8. The molecule has 1 heterocycles. The maximum absolute atomic E-state index is 12.9. The van der Waals surface area contributed by atoms with Crippen molar-refractivity contribution in [2.75, 3.05) is 9.44 Å². The van der Waals surface area contributed by atoms with E-state index in [0.29, 0.717) is 0 Å². The lowest BCUT2D eigenvalue weighted by Gasteiger charge is -2.15. The third kappa shape index (κ3) is 5.90. The van der Waals surface area contributed by atoms with E-state index in [9.17, 15) is 25.3 Å². The van der Waals surface area contributed by atoms with Gasteiger partial charge in [-0.05, 0) is 41.3 Å². The minimum absolute atomic E-state index is 0.00413. The largest absolute Gasteiger partial charge is 0.277 e. The van der Waals surface area contributed by atoms with Crippen molar-refractivity contribution >= 4 is 76.7 Å². The fourth-order valence-electron chi connectivity index (χ4n) is 2.49. The van der Waals surface area contributed by atoms with E-state index in [1.54, 1.807) is 11.4 Å². The van der Waals surface area contributed by atoms with E-state index in [0.717, 1.165) is 11.3 Å². The second-order valence-electron chi connectivity index (χ2n) is 6.09. The molecule has 2 aromatic carbocycles. The van der Waals surface area contributed by atoms with E-state index in [2.05, 4.69) is 9.44 Å². The summed E-state index contributed by atoms with van der Waals surface area (Å²) in [5.41, 5.74) is -0.00764. The van der Waals surface area contributed by atoms with Gasteiger partial charge in [0, 0.05) is 0 Å². The zero-order valence-electron chi connectivity index (χ0n) is 15.3. The third-order valence-corrected chi connectivity index (χ3v) is 9.30. The van der Waals surface area contributed by atoms with Crippen molar-refractivity contribution in [2.45, 2.75) is 14.9 Å². The lowest BCUT2D eigenvalue weighted by molar-refractivity contribution is 0.599. The highest BCUT2D eigenvalue weighted by molar-refractivity contribution is 7.94. The first-order valence-corrected chi connectivity index (χ1v) is 14.2. The highest BCUT2D eigenvalue weighted by atomic mass is 35.5. The van der Waals surface area contributed by atoms with Crippen LogP contribution in [0.2, 0.25) is 10.0 Å². The van der Waals surface area contributed by atoms with Gasteiger partial charge in [0.2, 0.25) is 0 Å². The molecule has 0 bridgehead atoms. The molecule has 166 valence electrons. The van der Waals surface area contributed by atoms with Gasteiger partial charge in [-0.1, -0.05) is 41.4 Å². The molecule has 0 aliphatic rings. The Kier molecular flexibility index (Phi) is 7.18. The van der Waals surface area contributed by atoms with Crippen LogP contribution in [0.4, 0.5) is 11.4 Å². The number of hydrogen-bond donors (Lipinski definition) is 3. The van der Waals surface area contributed by atoms with Crippen molar-refractivity contribution in [1.82, 2.24) is 0 Å². The monoisotopic (exact) mass is 540 g/mol. The quantitative estimate of drug-likeness (QED) is 0.373. The summed E-state index contributed by atoms with van der Waals surface area (Å²) in [6.45, 7) is 0. The van der Waals surface area contributed by atoms with Gasteiger partial charge in [0.1, 0.15) is 14.9 Å². The summed E-state index contributed by atoms with van der Waals surface area (Å²) in [7, 11) is -11.0. The molecule has 0 amide bonds. The van der Waals surface area contributed by atoms with Crippen LogP contribution in [0.1, 0.15) is 5.56 Å². The number of hydrogen-bond acceptors (Lipinski definition) is 7. The van der Waals surface area contributed by atoms with E-state index >= 15 is 0 Å². The molecule has 0 saturated heterocycles. The second kappa shape index (κ2) is 9.35. The number of anilines is 2. The first kappa shape index (κ1) is 23.8. The SMILES string of the molecule is O=[SH](=O)Cc1cccc(S(=O)(=O)Nc2cc(Cl)c(Cl)cc2NS(=O)(=O)c2cccs2)c1. The fourth-order valence-corrected chi connectivity index (χ4v) is 6.52. The summed E-state index contributed by atoms with van der Waals surface area (Å²) in [5, 5.41) is 1.58. The third-order valence-electron chi connectivity index (χ3n) is 3.83. The standard InChI is InChI=1S/C17H14Cl2N2O6S4/c18-13-8-15(16(9-14(13)19)21-31(26,27)17-5-2-6-28-17)20-30(24,25)12-4-1-3-11(7-12)10-29(22)23/h1-9,20-21,29H,10H2. The Morgan fingerprint density at radius 2 is 1.45 bits per heavy atom. The Hall–Kier alpha value is -1.83. The Bertz CT molecular complexity index is 1390. The molecule has 2 N–H and O–H groups in total. The van der Waals surface area contributed by atoms with Crippen LogP contribution in [0.15, 0.2) is 63.0 Å². The average molecular weight is 541 g/mol. The molecular weight excluding hydrogens is 527 g/mol. The van der Waals surface area contributed by atoms with E-state index in [1.165, 1.54) is 42.5 Å². The molecule has 0 spiro atoms. The second-order valence-corrected chi connectivity index (χ2v) is 12.4. The smallest absolute Gasteiger partial charge is 0.271 e. The molecule has 0 atom stereocenters. The van der Waals surface area contributed by atoms with Gasteiger partial charge in [0.05, 0.1) is 32.1 Å². The van der Waals surface area contributed by atoms with Crippen LogP contribution in [0.3, 0.4) is 0 Å². The normalized spacial score (nSPS) is 12.1. The van der Waals surface area contributed by atoms with Crippen LogP contribution in [0, 0.1) is 0 Å². The highest BCUT2D eigenvalue weighted by Crippen LogP contribution is 2.35. The van der Waals surface area contributed by atoms with Crippen molar-refractivity contribution in [2.24, 2.45) is 0 Å². The van der Waals surface area contributed by atoms with Crippen LogP contribution in [-0.4, -0.2) is 25.3 Å². The van der Waals surface area contributed by atoms with Crippen molar-refractivity contribution in [3.8, 4) is 0 Å². The summed E-state index contributed by atoms with van der Waals surface area (Å²) in [5.74, 6) is -0.322. The number of nitrogens with one attached hydrogen (secondary N) is 2. The lowest BCUT2D eigenvalue weighted by Crippen LogP contribution is -2.17. The van der Waals surface area contributed by atoms with Crippen molar-refractivity contribution in [3.63, 3.8) is 0 Å². The fraction of sp³-hybridized carbons (Fsp3) is 0.0588. The Balaban J connectivity index is 2.00. The average Bonchev–Trinajstić information content (AvgIpc) is 3.21. The molecule has 0 saturated carbocycles. The summed E-state index contributed by atoms with van der Waals surface area (Å²) < 4.78 is 77.4. The van der Waals surface area contributed by atoms with Gasteiger partial charge in [-0.25, -0.2) is 25.3 Å². The number of benzene rings is 2.